The topological polar surface area (TPSA) is 83.5 Å². The van der Waals surface area contributed by atoms with Crippen LogP contribution in [0.4, 0.5) is 0 Å². The third-order valence-corrected chi connectivity index (χ3v) is 5.01. The average Bonchev–Trinajstić information content (AvgIpc) is 2.40. The molecule has 0 spiro atoms. The van der Waals surface area contributed by atoms with E-state index in [1.165, 1.54) is 18.2 Å². The lowest BCUT2D eigenvalue weighted by atomic mass is 10.1. The number of aliphatic carboxylic acids is 1. The van der Waals surface area contributed by atoms with Gasteiger partial charge in [0.15, 0.2) is 0 Å². The van der Waals surface area contributed by atoms with Crippen LogP contribution in [-0.4, -0.2) is 26.0 Å². The number of sulfonamides is 1. The van der Waals surface area contributed by atoms with Crippen LogP contribution in [0.5, 0.6) is 0 Å². The van der Waals surface area contributed by atoms with Gasteiger partial charge in [-0.2, -0.15) is 0 Å². The van der Waals surface area contributed by atoms with Crippen LogP contribution in [-0.2, 0) is 14.8 Å². The van der Waals surface area contributed by atoms with E-state index in [2.05, 4.69) is 4.72 Å². The maximum Gasteiger partial charge on any atom is 0.303 e. The van der Waals surface area contributed by atoms with Crippen molar-refractivity contribution in [2.45, 2.75) is 37.0 Å². The van der Waals surface area contributed by atoms with Crippen LogP contribution < -0.4 is 4.72 Å². The molecule has 0 amide bonds. The second kappa shape index (κ2) is 8.58. The summed E-state index contributed by atoms with van der Waals surface area (Å²) in [6.07, 6.45) is 2.95. The number of halogens is 2. The molecule has 0 unspecified atom stereocenters. The number of nitrogens with one attached hydrogen (secondary N) is 1. The van der Waals surface area contributed by atoms with Gasteiger partial charge in [0.1, 0.15) is 0 Å². The van der Waals surface area contributed by atoms with Gasteiger partial charge in [0, 0.05) is 13.0 Å². The van der Waals surface area contributed by atoms with E-state index in [1.54, 1.807) is 0 Å². The lowest BCUT2D eigenvalue weighted by Crippen LogP contribution is -2.24. The van der Waals surface area contributed by atoms with Gasteiger partial charge >= 0.3 is 5.97 Å². The molecule has 0 aliphatic carbocycles. The first-order valence-electron chi connectivity index (χ1n) is 6.49. The summed E-state index contributed by atoms with van der Waals surface area (Å²) >= 11 is 11.5. The molecule has 0 bridgehead atoms. The van der Waals surface area contributed by atoms with E-state index in [4.69, 9.17) is 28.3 Å². The Kier molecular flexibility index (Phi) is 7.45. The third kappa shape index (κ3) is 6.65. The standard InChI is InChI=1S/C13H17Cl2NO4S/c14-11-7-6-10(9-12(11)15)21(19,20)16-8-4-2-1-3-5-13(17)18/h6-7,9,16H,1-5,8H2,(H,17,18). The minimum Gasteiger partial charge on any atom is -0.481 e. The summed E-state index contributed by atoms with van der Waals surface area (Å²) in [5.74, 6) is -0.810. The van der Waals surface area contributed by atoms with Gasteiger partial charge in [0.25, 0.3) is 0 Å². The monoisotopic (exact) mass is 353 g/mol. The van der Waals surface area contributed by atoms with Crippen molar-refractivity contribution in [3.05, 3.63) is 28.2 Å². The molecule has 0 atom stereocenters. The van der Waals surface area contributed by atoms with E-state index in [1.807, 2.05) is 0 Å². The molecule has 0 aromatic heterocycles. The molecule has 5 nitrogen and oxygen atoms in total. The zero-order chi connectivity index (χ0) is 15.9. The summed E-state index contributed by atoms with van der Waals surface area (Å²) in [5, 5.41) is 8.97. The number of carboxylic acids is 1. The Balaban J connectivity index is 2.36. The summed E-state index contributed by atoms with van der Waals surface area (Å²) in [6.45, 7) is 0.301. The first kappa shape index (κ1) is 18.2. The van der Waals surface area contributed by atoms with Crippen molar-refractivity contribution >= 4 is 39.2 Å². The molecule has 1 rings (SSSR count). The Bertz CT molecular complexity index is 590. The zero-order valence-electron chi connectivity index (χ0n) is 11.3. The van der Waals surface area contributed by atoms with Gasteiger partial charge in [-0.1, -0.05) is 36.0 Å². The predicted octanol–water partition coefficient (Wildman–Crippen LogP) is 3.31. The van der Waals surface area contributed by atoms with E-state index in [0.29, 0.717) is 24.4 Å². The van der Waals surface area contributed by atoms with Crippen molar-refractivity contribution < 1.29 is 18.3 Å². The van der Waals surface area contributed by atoms with Crippen LogP contribution in [0.15, 0.2) is 23.1 Å². The number of rotatable bonds is 9. The molecule has 1 aromatic carbocycles. The van der Waals surface area contributed by atoms with E-state index in [9.17, 15) is 13.2 Å². The number of carboxylic acid groups (broad SMARTS) is 1. The number of unbranched alkanes of at least 4 members (excludes halogenated alkanes) is 3. The average molecular weight is 354 g/mol. The van der Waals surface area contributed by atoms with Crippen molar-refractivity contribution in [1.29, 1.82) is 0 Å². The molecule has 0 saturated carbocycles. The van der Waals surface area contributed by atoms with Crippen LogP contribution >= 0.6 is 23.2 Å². The lowest BCUT2D eigenvalue weighted by molar-refractivity contribution is -0.137. The van der Waals surface area contributed by atoms with Gasteiger partial charge in [-0.15, -0.1) is 0 Å². The second-order valence-corrected chi connectivity index (χ2v) is 7.11. The van der Waals surface area contributed by atoms with Crippen LogP contribution in [0.2, 0.25) is 10.0 Å². The van der Waals surface area contributed by atoms with Crippen molar-refractivity contribution in [3.63, 3.8) is 0 Å². The molecule has 0 radical (unpaired) electrons. The largest absolute Gasteiger partial charge is 0.481 e. The SMILES string of the molecule is O=C(O)CCCCCCNS(=O)(=O)c1ccc(Cl)c(Cl)c1. The molecule has 0 fully saturated rings. The Hall–Kier alpha value is -0.820. The van der Waals surface area contributed by atoms with E-state index in [0.717, 1.165) is 12.8 Å². The number of carbonyl (C=O) groups is 1. The summed E-state index contributed by atoms with van der Waals surface area (Å²) < 4.78 is 26.4. The number of benzene rings is 1. The first-order chi connectivity index (χ1) is 9.83. The zero-order valence-corrected chi connectivity index (χ0v) is 13.6. The molecule has 21 heavy (non-hydrogen) atoms. The van der Waals surface area contributed by atoms with Crippen molar-refractivity contribution in [2.75, 3.05) is 6.54 Å². The molecule has 0 saturated heterocycles. The van der Waals surface area contributed by atoms with Crippen LogP contribution in [0.25, 0.3) is 0 Å². The van der Waals surface area contributed by atoms with Crippen molar-refractivity contribution in [3.8, 4) is 0 Å². The molecular weight excluding hydrogens is 337 g/mol. The van der Waals surface area contributed by atoms with Gasteiger partial charge in [-0.3, -0.25) is 4.79 Å². The van der Waals surface area contributed by atoms with Gasteiger partial charge < -0.3 is 5.11 Å². The summed E-state index contributed by atoms with van der Waals surface area (Å²) in [5.41, 5.74) is 0. The Labute approximate surface area is 134 Å². The van der Waals surface area contributed by atoms with E-state index >= 15 is 0 Å². The molecule has 0 heterocycles. The maximum atomic E-state index is 12.0. The van der Waals surface area contributed by atoms with Gasteiger partial charge in [0.05, 0.1) is 14.9 Å². The van der Waals surface area contributed by atoms with E-state index < -0.39 is 16.0 Å². The van der Waals surface area contributed by atoms with Crippen LogP contribution in [0.1, 0.15) is 32.1 Å². The first-order valence-corrected chi connectivity index (χ1v) is 8.73. The summed E-state index contributed by atoms with van der Waals surface area (Å²) in [4.78, 5) is 10.4. The third-order valence-electron chi connectivity index (χ3n) is 2.81. The van der Waals surface area contributed by atoms with Crippen LogP contribution in [0.3, 0.4) is 0 Å². The highest BCUT2D eigenvalue weighted by Crippen LogP contribution is 2.24. The quantitative estimate of drug-likeness (QED) is 0.667. The fourth-order valence-corrected chi connectivity index (χ4v) is 3.15. The Morgan fingerprint density at radius 3 is 2.38 bits per heavy atom. The molecule has 0 aliphatic rings. The summed E-state index contributed by atoms with van der Waals surface area (Å²) in [6, 6.07) is 4.13. The molecule has 1 aromatic rings. The minimum absolute atomic E-state index is 0.0720. The number of hydrogen-bond acceptors (Lipinski definition) is 3. The normalized spacial score (nSPS) is 11.5. The summed E-state index contributed by atoms with van der Waals surface area (Å²) in [7, 11) is -3.59. The van der Waals surface area contributed by atoms with Crippen molar-refractivity contribution in [2.24, 2.45) is 0 Å². The Morgan fingerprint density at radius 1 is 1.10 bits per heavy atom. The predicted molar refractivity (Wildman–Crippen MR) is 82.4 cm³/mol. The molecule has 8 heteroatoms. The molecule has 118 valence electrons. The minimum atomic E-state index is -3.59. The highest BCUT2D eigenvalue weighted by molar-refractivity contribution is 7.89. The smallest absolute Gasteiger partial charge is 0.303 e. The second-order valence-electron chi connectivity index (χ2n) is 4.53. The molecule has 2 N–H and O–H groups in total. The van der Waals surface area contributed by atoms with E-state index in [-0.39, 0.29) is 16.3 Å². The molecule has 0 aliphatic heterocycles. The fourth-order valence-electron chi connectivity index (χ4n) is 1.69. The number of hydrogen-bond donors (Lipinski definition) is 2. The fraction of sp³-hybridized carbons (Fsp3) is 0.462. The lowest BCUT2D eigenvalue weighted by Gasteiger charge is -2.07. The Morgan fingerprint density at radius 2 is 1.76 bits per heavy atom. The molecular formula is C13H17Cl2NO4S. The maximum absolute atomic E-state index is 12.0. The highest BCUT2D eigenvalue weighted by atomic mass is 35.5. The van der Waals surface area contributed by atoms with Crippen LogP contribution in [0, 0.1) is 0 Å². The van der Waals surface area contributed by atoms with Gasteiger partial charge in [-0.25, -0.2) is 13.1 Å². The van der Waals surface area contributed by atoms with Crippen molar-refractivity contribution in [1.82, 2.24) is 4.72 Å². The van der Waals surface area contributed by atoms with Gasteiger partial charge in [-0.05, 0) is 31.0 Å². The highest BCUT2D eigenvalue weighted by Gasteiger charge is 2.14. The van der Waals surface area contributed by atoms with Gasteiger partial charge in [0.2, 0.25) is 10.0 Å².